The van der Waals surface area contributed by atoms with Gasteiger partial charge in [0.2, 0.25) is 0 Å². The van der Waals surface area contributed by atoms with Crippen molar-refractivity contribution in [2.75, 3.05) is 6.61 Å². The van der Waals surface area contributed by atoms with Gasteiger partial charge in [-0.25, -0.2) is 4.98 Å². The number of aromatic nitrogens is 1. The molecular formula is C14H14N2O2S2. The number of nitrogens with zero attached hydrogens (tertiary/aromatic N) is 1. The molecule has 104 valence electrons. The Kier molecular flexibility index (Phi) is 4.90. The molecule has 1 amide bonds. The number of thiazole rings is 1. The highest BCUT2D eigenvalue weighted by Gasteiger charge is 2.16. The van der Waals surface area contributed by atoms with E-state index in [-0.39, 0.29) is 18.6 Å². The van der Waals surface area contributed by atoms with Crippen molar-refractivity contribution < 1.29 is 9.90 Å². The minimum Gasteiger partial charge on any atom is -0.384 e. The van der Waals surface area contributed by atoms with Gasteiger partial charge < -0.3 is 10.4 Å². The Morgan fingerprint density at radius 3 is 3.05 bits per heavy atom. The fourth-order valence-electron chi connectivity index (χ4n) is 1.62. The number of aryl methyl sites for hydroxylation is 1. The molecule has 20 heavy (non-hydrogen) atoms. The first-order valence-corrected chi connectivity index (χ1v) is 7.72. The quantitative estimate of drug-likeness (QED) is 0.856. The molecule has 2 aromatic rings. The van der Waals surface area contributed by atoms with Gasteiger partial charge in [-0.05, 0) is 25.5 Å². The average Bonchev–Trinajstić information content (AvgIpc) is 3.06. The number of amides is 1. The van der Waals surface area contributed by atoms with Crippen molar-refractivity contribution in [2.24, 2.45) is 0 Å². The lowest BCUT2D eigenvalue weighted by molar-refractivity contribution is 0.0944. The molecular weight excluding hydrogens is 292 g/mol. The summed E-state index contributed by atoms with van der Waals surface area (Å²) in [5.74, 6) is 5.32. The highest BCUT2D eigenvalue weighted by Crippen LogP contribution is 2.22. The maximum absolute atomic E-state index is 12.2. The number of hydrogen-bond acceptors (Lipinski definition) is 5. The molecule has 0 aliphatic heterocycles. The van der Waals surface area contributed by atoms with Crippen LogP contribution in [0.1, 0.15) is 38.1 Å². The zero-order valence-corrected chi connectivity index (χ0v) is 12.8. The molecule has 2 rings (SSSR count). The van der Waals surface area contributed by atoms with Gasteiger partial charge in [0, 0.05) is 11.6 Å². The number of rotatable bonds is 3. The van der Waals surface area contributed by atoms with E-state index in [1.807, 2.05) is 25.3 Å². The second kappa shape index (κ2) is 6.66. The SMILES string of the molecule is Cc1cc(C(=O)NC(C)c2nccs2)sc1C#CCO. The van der Waals surface area contributed by atoms with E-state index in [4.69, 9.17) is 5.11 Å². The minimum absolute atomic E-state index is 0.114. The van der Waals surface area contributed by atoms with Gasteiger partial charge in [-0.1, -0.05) is 11.8 Å². The molecule has 0 aliphatic rings. The van der Waals surface area contributed by atoms with E-state index in [1.165, 1.54) is 22.7 Å². The number of aliphatic hydroxyl groups is 1. The summed E-state index contributed by atoms with van der Waals surface area (Å²) < 4.78 is 0. The zero-order chi connectivity index (χ0) is 14.5. The van der Waals surface area contributed by atoms with E-state index in [9.17, 15) is 4.79 Å². The molecule has 2 N–H and O–H groups in total. The fraction of sp³-hybridized carbons (Fsp3) is 0.286. The van der Waals surface area contributed by atoms with Crippen molar-refractivity contribution in [3.05, 3.63) is 38.0 Å². The Balaban J connectivity index is 2.10. The summed E-state index contributed by atoms with van der Waals surface area (Å²) in [6, 6.07) is 1.70. The van der Waals surface area contributed by atoms with Gasteiger partial charge >= 0.3 is 0 Å². The van der Waals surface area contributed by atoms with Crippen LogP contribution in [0, 0.1) is 18.8 Å². The normalized spacial score (nSPS) is 11.6. The molecule has 0 aromatic carbocycles. The Morgan fingerprint density at radius 1 is 1.60 bits per heavy atom. The summed E-state index contributed by atoms with van der Waals surface area (Å²) in [6.07, 6.45) is 1.72. The van der Waals surface area contributed by atoms with Crippen LogP contribution < -0.4 is 5.32 Å². The molecule has 0 radical (unpaired) electrons. The predicted molar refractivity (Wildman–Crippen MR) is 81.0 cm³/mol. The third kappa shape index (κ3) is 3.45. The number of thiophene rings is 1. The molecule has 0 spiro atoms. The van der Waals surface area contributed by atoms with Crippen LogP contribution in [0.4, 0.5) is 0 Å². The van der Waals surface area contributed by atoms with E-state index in [0.29, 0.717) is 4.88 Å². The summed E-state index contributed by atoms with van der Waals surface area (Å²) in [5, 5.41) is 14.4. The monoisotopic (exact) mass is 306 g/mol. The van der Waals surface area contributed by atoms with Gasteiger partial charge in [0.25, 0.3) is 5.91 Å². The summed E-state index contributed by atoms with van der Waals surface area (Å²) in [4.78, 5) is 17.8. The van der Waals surface area contributed by atoms with Crippen LogP contribution in [0.2, 0.25) is 0 Å². The van der Waals surface area contributed by atoms with Crippen molar-refractivity contribution >= 4 is 28.6 Å². The maximum atomic E-state index is 12.2. The van der Waals surface area contributed by atoms with Crippen LogP contribution in [0.3, 0.4) is 0 Å². The van der Waals surface area contributed by atoms with Crippen LogP contribution in [0.5, 0.6) is 0 Å². The zero-order valence-electron chi connectivity index (χ0n) is 11.1. The van der Waals surface area contributed by atoms with Crippen molar-refractivity contribution in [3.8, 4) is 11.8 Å². The first-order valence-electron chi connectivity index (χ1n) is 6.02. The van der Waals surface area contributed by atoms with Crippen molar-refractivity contribution in [3.63, 3.8) is 0 Å². The third-order valence-electron chi connectivity index (χ3n) is 2.59. The minimum atomic E-state index is -0.181. The van der Waals surface area contributed by atoms with Crippen LogP contribution >= 0.6 is 22.7 Å². The molecule has 0 fully saturated rings. The van der Waals surface area contributed by atoms with Crippen LogP contribution in [0.25, 0.3) is 0 Å². The maximum Gasteiger partial charge on any atom is 0.261 e. The van der Waals surface area contributed by atoms with Gasteiger partial charge in [0.05, 0.1) is 15.8 Å². The lowest BCUT2D eigenvalue weighted by atomic mass is 10.2. The summed E-state index contributed by atoms with van der Waals surface area (Å²) >= 11 is 2.85. The summed E-state index contributed by atoms with van der Waals surface area (Å²) in [6.45, 7) is 3.63. The standard InChI is InChI=1S/C14H14N2O2S2/c1-9-8-12(20-11(9)4-3-6-17)13(18)16-10(2)14-15-5-7-19-14/h5,7-8,10,17H,6H2,1-2H3,(H,16,18). The molecule has 1 unspecified atom stereocenters. The molecule has 4 nitrogen and oxygen atoms in total. The summed E-state index contributed by atoms with van der Waals surface area (Å²) in [7, 11) is 0. The van der Waals surface area contributed by atoms with E-state index < -0.39 is 0 Å². The largest absolute Gasteiger partial charge is 0.384 e. The van der Waals surface area contributed by atoms with Crippen LogP contribution in [-0.4, -0.2) is 22.6 Å². The van der Waals surface area contributed by atoms with Gasteiger partial charge in [0.15, 0.2) is 0 Å². The van der Waals surface area contributed by atoms with E-state index in [1.54, 1.807) is 6.20 Å². The smallest absolute Gasteiger partial charge is 0.261 e. The third-order valence-corrected chi connectivity index (χ3v) is 4.70. The van der Waals surface area contributed by atoms with Gasteiger partial charge in [-0.15, -0.1) is 22.7 Å². The van der Waals surface area contributed by atoms with Crippen molar-refractivity contribution in [2.45, 2.75) is 19.9 Å². The molecule has 2 aromatic heterocycles. The van der Waals surface area contributed by atoms with E-state index >= 15 is 0 Å². The lowest BCUT2D eigenvalue weighted by Gasteiger charge is -2.09. The second-order valence-electron chi connectivity index (χ2n) is 4.15. The van der Waals surface area contributed by atoms with Gasteiger partial charge in [0.1, 0.15) is 11.6 Å². The number of carbonyl (C=O) groups is 1. The Morgan fingerprint density at radius 2 is 2.40 bits per heavy atom. The molecule has 1 atom stereocenters. The van der Waals surface area contributed by atoms with Gasteiger partial charge in [-0.3, -0.25) is 4.79 Å². The van der Waals surface area contributed by atoms with Gasteiger partial charge in [-0.2, -0.15) is 0 Å². The molecule has 0 aliphatic carbocycles. The molecule has 0 bridgehead atoms. The molecule has 6 heteroatoms. The number of aliphatic hydroxyl groups excluding tert-OH is 1. The number of nitrogens with one attached hydrogen (secondary N) is 1. The van der Waals surface area contributed by atoms with Crippen molar-refractivity contribution in [1.29, 1.82) is 0 Å². The molecule has 2 heterocycles. The highest BCUT2D eigenvalue weighted by atomic mass is 32.1. The lowest BCUT2D eigenvalue weighted by Crippen LogP contribution is -2.25. The van der Waals surface area contributed by atoms with E-state index in [2.05, 4.69) is 22.1 Å². The second-order valence-corrected chi connectivity index (χ2v) is 6.13. The molecule has 0 saturated carbocycles. The van der Waals surface area contributed by atoms with E-state index in [0.717, 1.165) is 15.4 Å². The average molecular weight is 306 g/mol. The van der Waals surface area contributed by atoms with Crippen LogP contribution in [0.15, 0.2) is 17.6 Å². The van der Waals surface area contributed by atoms with Crippen LogP contribution in [-0.2, 0) is 0 Å². The Bertz CT molecular complexity index is 651. The number of hydrogen-bond donors (Lipinski definition) is 2. The first kappa shape index (κ1) is 14.7. The Hall–Kier alpha value is -1.68. The summed E-state index contributed by atoms with van der Waals surface area (Å²) in [5.41, 5.74) is 0.947. The topological polar surface area (TPSA) is 62.2 Å². The fourth-order valence-corrected chi connectivity index (χ4v) is 3.21. The van der Waals surface area contributed by atoms with Crippen molar-refractivity contribution in [1.82, 2.24) is 10.3 Å². The Labute approximate surface area is 125 Å². The predicted octanol–water partition coefficient (Wildman–Crippen LogP) is 2.35. The highest BCUT2D eigenvalue weighted by molar-refractivity contribution is 7.14. The molecule has 0 saturated heterocycles. The first-order chi connectivity index (χ1) is 9.61. The number of carbonyl (C=O) groups excluding carboxylic acids is 1.